The summed E-state index contributed by atoms with van der Waals surface area (Å²) < 4.78 is 1.69. The van der Waals surface area contributed by atoms with Gasteiger partial charge in [-0.15, -0.1) is 0 Å². The number of hydrogen-bond donors (Lipinski definition) is 2. The molecule has 0 saturated heterocycles. The lowest BCUT2D eigenvalue weighted by molar-refractivity contribution is -0.115. The Morgan fingerprint density at radius 1 is 0.500 bits per heavy atom. The van der Waals surface area contributed by atoms with E-state index in [2.05, 4.69) is 85.5 Å². The molecule has 1 aliphatic carbocycles. The molecule has 0 fully saturated rings. The molecule has 4 aromatic carbocycles. The van der Waals surface area contributed by atoms with Crippen molar-refractivity contribution in [3.8, 4) is 11.1 Å². The van der Waals surface area contributed by atoms with Gasteiger partial charge in [0.05, 0.1) is 0 Å². The molecular formula is C34H34Br2O2. The predicted molar refractivity (Wildman–Crippen MR) is 164 cm³/mol. The van der Waals surface area contributed by atoms with Gasteiger partial charge in [0.1, 0.15) is 0 Å². The highest BCUT2D eigenvalue weighted by Gasteiger charge is 2.60. The molecule has 0 heterocycles. The molecule has 2 N–H and O–H groups in total. The molecule has 5 rings (SSSR count). The summed E-state index contributed by atoms with van der Waals surface area (Å²) in [5, 5.41) is 27.0. The zero-order valence-electron chi connectivity index (χ0n) is 22.7. The number of aliphatic hydroxyl groups is 2. The molecule has 0 aromatic heterocycles. The second-order valence-electron chi connectivity index (χ2n) is 12.4. The van der Waals surface area contributed by atoms with E-state index in [-0.39, 0.29) is 10.8 Å². The quantitative estimate of drug-likeness (QED) is 0.231. The zero-order chi connectivity index (χ0) is 27.7. The van der Waals surface area contributed by atoms with Crippen LogP contribution in [-0.4, -0.2) is 10.2 Å². The number of fused-ring (bicyclic) bond motifs is 3. The van der Waals surface area contributed by atoms with Crippen molar-refractivity contribution >= 4 is 31.9 Å². The monoisotopic (exact) mass is 632 g/mol. The highest BCUT2D eigenvalue weighted by Crippen LogP contribution is 2.60. The Hall–Kier alpha value is -2.24. The van der Waals surface area contributed by atoms with Gasteiger partial charge in [-0.25, -0.2) is 0 Å². The maximum absolute atomic E-state index is 13.5. The van der Waals surface area contributed by atoms with Crippen molar-refractivity contribution in [1.29, 1.82) is 0 Å². The third kappa shape index (κ3) is 4.03. The van der Waals surface area contributed by atoms with Crippen molar-refractivity contribution in [2.45, 2.75) is 63.6 Å². The van der Waals surface area contributed by atoms with Crippen LogP contribution in [0.1, 0.15) is 74.9 Å². The lowest BCUT2D eigenvalue weighted by atomic mass is 9.57. The standard InChI is InChI=1S/C34H34Br2O2/c1-31(2,3)25-11-7-9-13-27(25)33(37)29-19-21(35)15-17-23(29)24-18-16-22(36)20-30(24)34(33,38)28-14-10-8-12-26(28)32(4,5)6/h7-20,37-38H,1-6H3. The molecule has 38 heavy (non-hydrogen) atoms. The van der Waals surface area contributed by atoms with Crippen LogP contribution in [0.4, 0.5) is 0 Å². The highest BCUT2D eigenvalue weighted by atomic mass is 79.9. The summed E-state index contributed by atoms with van der Waals surface area (Å²) in [6.45, 7) is 12.9. The van der Waals surface area contributed by atoms with Crippen molar-refractivity contribution in [3.05, 3.63) is 127 Å². The van der Waals surface area contributed by atoms with Gasteiger partial charge in [-0.05, 0) is 68.5 Å². The summed E-state index contributed by atoms with van der Waals surface area (Å²) in [7, 11) is 0. The van der Waals surface area contributed by atoms with Crippen LogP contribution in [0, 0.1) is 0 Å². The second-order valence-corrected chi connectivity index (χ2v) is 14.2. The average Bonchev–Trinajstić information content (AvgIpc) is 2.86. The van der Waals surface area contributed by atoms with Crippen molar-refractivity contribution < 1.29 is 10.2 Å². The topological polar surface area (TPSA) is 40.5 Å². The molecule has 0 amide bonds. The van der Waals surface area contributed by atoms with Gasteiger partial charge in [0.2, 0.25) is 0 Å². The van der Waals surface area contributed by atoms with Crippen molar-refractivity contribution in [2.24, 2.45) is 0 Å². The van der Waals surface area contributed by atoms with Crippen molar-refractivity contribution in [2.75, 3.05) is 0 Å². The molecule has 0 saturated carbocycles. The van der Waals surface area contributed by atoms with Crippen LogP contribution in [0.25, 0.3) is 11.1 Å². The minimum atomic E-state index is -1.80. The SMILES string of the molecule is CC(C)(C)c1ccccc1C1(O)c2cc(Br)ccc2-c2ccc(Br)cc2C1(O)c1ccccc1C(C)(C)C. The molecule has 196 valence electrons. The van der Waals surface area contributed by atoms with Crippen LogP contribution in [0.2, 0.25) is 0 Å². The Balaban J connectivity index is 2.05. The molecule has 2 unspecified atom stereocenters. The van der Waals surface area contributed by atoms with Crippen molar-refractivity contribution in [3.63, 3.8) is 0 Å². The first kappa shape index (κ1) is 27.3. The Morgan fingerprint density at radius 2 is 0.842 bits per heavy atom. The second kappa shape index (κ2) is 9.16. The average molecular weight is 634 g/mol. The summed E-state index contributed by atoms with van der Waals surface area (Å²) in [5.74, 6) is 0. The van der Waals surface area contributed by atoms with E-state index in [1.54, 1.807) is 0 Å². The number of hydrogen-bond acceptors (Lipinski definition) is 2. The van der Waals surface area contributed by atoms with Crippen LogP contribution < -0.4 is 0 Å². The fourth-order valence-corrected chi connectivity index (χ4v) is 6.80. The Labute approximate surface area is 243 Å². The van der Waals surface area contributed by atoms with Crippen LogP contribution in [0.15, 0.2) is 93.9 Å². The van der Waals surface area contributed by atoms with Crippen LogP contribution in [-0.2, 0) is 22.0 Å². The van der Waals surface area contributed by atoms with Gasteiger partial charge in [-0.1, -0.05) is 134 Å². The summed E-state index contributed by atoms with van der Waals surface area (Å²) in [5.41, 5.74) is 2.36. The highest BCUT2D eigenvalue weighted by molar-refractivity contribution is 9.10. The summed E-state index contributed by atoms with van der Waals surface area (Å²) in [6, 6.07) is 28.0. The molecule has 4 heteroatoms. The summed E-state index contributed by atoms with van der Waals surface area (Å²) in [6.07, 6.45) is 0. The first-order valence-corrected chi connectivity index (χ1v) is 14.5. The van der Waals surface area contributed by atoms with E-state index in [1.165, 1.54) is 0 Å². The Kier molecular flexibility index (Phi) is 6.59. The van der Waals surface area contributed by atoms with Gasteiger partial charge in [-0.2, -0.15) is 0 Å². The smallest absolute Gasteiger partial charge is 0.153 e. The third-order valence-electron chi connectivity index (χ3n) is 7.81. The van der Waals surface area contributed by atoms with Crippen LogP contribution in [0.3, 0.4) is 0 Å². The molecular weight excluding hydrogens is 600 g/mol. The van der Waals surface area contributed by atoms with Gasteiger partial charge < -0.3 is 10.2 Å². The van der Waals surface area contributed by atoms with E-state index in [0.717, 1.165) is 31.2 Å². The number of halogens is 2. The van der Waals surface area contributed by atoms with Gasteiger partial charge in [-0.3, -0.25) is 0 Å². The fourth-order valence-electron chi connectivity index (χ4n) is 6.08. The van der Waals surface area contributed by atoms with Gasteiger partial charge in [0.15, 0.2) is 11.2 Å². The fraction of sp³-hybridized carbons (Fsp3) is 0.294. The zero-order valence-corrected chi connectivity index (χ0v) is 25.9. The van der Waals surface area contributed by atoms with E-state index < -0.39 is 11.2 Å². The summed E-state index contributed by atoms with van der Waals surface area (Å²) >= 11 is 7.33. The molecule has 1 aliphatic rings. The molecule has 0 spiro atoms. The molecule has 2 atom stereocenters. The predicted octanol–water partition coefficient (Wildman–Crippen LogP) is 8.96. The third-order valence-corrected chi connectivity index (χ3v) is 8.79. The molecule has 0 radical (unpaired) electrons. The normalized spacial score (nSPS) is 21.1. The van der Waals surface area contributed by atoms with E-state index >= 15 is 0 Å². The van der Waals surface area contributed by atoms with Crippen molar-refractivity contribution in [1.82, 2.24) is 0 Å². The largest absolute Gasteiger partial charge is 0.377 e. The lowest BCUT2D eigenvalue weighted by Crippen LogP contribution is -2.55. The molecule has 4 aromatic rings. The lowest BCUT2D eigenvalue weighted by Gasteiger charge is -2.52. The molecule has 0 bridgehead atoms. The van der Waals surface area contributed by atoms with Gasteiger partial charge >= 0.3 is 0 Å². The first-order valence-electron chi connectivity index (χ1n) is 13.0. The number of benzene rings is 4. The minimum absolute atomic E-state index is 0.277. The summed E-state index contributed by atoms with van der Waals surface area (Å²) in [4.78, 5) is 0. The maximum atomic E-state index is 13.5. The van der Waals surface area contributed by atoms with Gasteiger partial charge in [0, 0.05) is 20.1 Å². The van der Waals surface area contributed by atoms with E-state index in [0.29, 0.717) is 22.3 Å². The van der Waals surface area contributed by atoms with E-state index in [9.17, 15) is 10.2 Å². The minimum Gasteiger partial charge on any atom is -0.377 e. The Morgan fingerprint density at radius 3 is 1.18 bits per heavy atom. The Bertz CT molecular complexity index is 1430. The van der Waals surface area contributed by atoms with Crippen LogP contribution in [0.5, 0.6) is 0 Å². The van der Waals surface area contributed by atoms with E-state index in [1.807, 2.05) is 72.8 Å². The van der Waals surface area contributed by atoms with Gasteiger partial charge in [0.25, 0.3) is 0 Å². The molecule has 2 nitrogen and oxygen atoms in total. The molecule has 0 aliphatic heterocycles. The van der Waals surface area contributed by atoms with Crippen LogP contribution >= 0.6 is 31.9 Å². The number of rotatable bonds is 2. The maximum Gasteiger partial charge on any atom is 0.153 e. The van der Waals surface area contributed by atoms with E-state index in [4.69, 9.17) is 0 Å². The first-order chi connectivity index (χ1) is 17.7.